The molecule has 2 heterocycles. The number of amides is 1. The van der Waals surface area contributed by atoms with Crippen LogP contribution in [0.1, 0.15) is 29.2 Å². The van der Waals surface area contributed by atoms with Crippen LogP contribution in [0.3, 0.4) is 0 Å². The van der Waals surface area contributed by atoms with Gasteiger partial charge < -0.3 is 0 Å². The number of hydrogen-bond acceptors (Lipinski definition) is 2. The van der Waals surface area contributed by atoms with Gasteiger partial charge in [-0.25, -0.2) is 10.0 Å². The summed E-state index contributed by atoms with van der Waals surface area (Å²) < 4.78 is 38.4. The molecule has 2 aliphatic heterocycles. The molecule has 1 saturated heterocycles. The molecule has 1 atom stereocenters. The number of halogens is 3. The van der Waals surface area contributed by atoms with E-state index in [1.807, 2.05) is 35.3 Å². The van der Waals surface area contributed by atoms with Crippen molar-refractivity contribution in [1.29, 1.82) is 0 Å². The highest BCUT2D eigenvalue weighted by Crippen LogP contribution is 2.44. The minimum absolute atomic E-state index is 0.00263. The standard InChI is InChI=1S/C19H15F3N2O/c20-19(21,22)15-8-6-13(7-9-15)16-12-24-17(25)10-11-23(24)18(16)14-4-2-1-3-5-14/h1-9,12,18H,10-11H2/t18-/m1/s1. The van der Waals surface area contributed by atoms with E-state index < -0.39 is 11.7 Å². The highest BCUT2D eigenvalue weighted by molar-refractivity contribution is 5.84. The first-order valence-electron chi connectivity index (χ1n) is 7.98. The Morgan fingerprint density at radius 3 is 2.28 bits per heavy atom. The molecule has 0 unspecified atom stereocenters. The number of benzene rings is 2. The van der Waals surface area contributed by atoms with Gasteiger partial charge in [-0.1, -0.05) is 42.5 Å². The molecule has 0 aromatic heterocycles. The number of hydrazine groups is 1. The Kier molecular flexibility index (Phi) is 3.65. The molecule has 0 N–H and O–H groups in total. The third kappa shape index (κ3) is 2.72. The van der Waals surface area contributed by atoms with Crippen molar-refractivity contribution in [3.05, 3.63) is 77.5 Å². The fraction of sp³-hybridized carbons (Fsp3) is 0.211. The summed E-state index contributed by atoms with van der Waals surface area (Å²) in [7, 11) is 0. The predicted molar refractivity (Wildman–Crippen MR) is 86.8 cm³/mol. The van der Waals surface area contributed by atoms with Crippen LogP contribution in [0.5, 0.6) is 0 Å². The average molecular weight is 344 g/mol. The summed E-state index contributed by atoms with van der Waals surface area (Å²) in [5.74, 6) is 0.00263. The number of rotatable bonds is 2. The van der Waals surface area contributed by atoms with E-state index in [0.717, 1.165) is 23.3 Å². The van der Waals surface area contributed by atoms with Crippen molar-refractivity contribution in [2.45, 2.75) is 18.6 Å². The van der Waals surface area contributed by atoms with E-state index in [2.05, 4.69) is 0 Å². The maximum absolute atomic E-state index is 12.8. The van der Waals surface area contributed by atoms with Crippen LogP contribution in [0.25, 0.3) is 5.57 Å². The summed E-state index contributed by atoms with van der Waals surface area (Å²) in [5.41, 5.74) is 1.84. The van der Waals surface area contributed by atoms with Crippen LogP contribution < -0.4 is 0 Å². The van der Waals surface area contributed by atoms with E-state index in [1.165, 1.54) is 12.1 Å². The lowest BCUT2D eigenvalue weighted by Gasteiger charge is -2.27. The van der Waals surface area contributed by atoms with Crippen molar-refractivity contribution < 1.29 is 18.0 Å². The van der Waals surface area contributed by atoms with Crippen LogP contribution in [0, 0.1) is 0 Å². The molecule has 6 heteroatoms. The SMILES string of the molecule is O=C1CCN2[C@H](c3ccccc3)C(c3ccc(C(F)(F)F)cc3)=CN12. The number of nitrogens with zero attached hydrogens (tertiary/aromatic N) is 2. The Balaban J connectivity index is 1.75. The van der Waals surface area contributed by atoms with Crippen molar-refractivity contribution in [2.75, 3.05) is 6.54 Å². The highest BCUT2D eigenvalue weighted by atomic mass is 19.4. The second kappa shape index (κ2) is 5.74. The lowest BCUT2D eigenvalue weighted by Crippen LogP contribution is -2.32. The first-order valence-corrected chi connectivity index (χ1v) is 7.98. The molecule has 128 valence electrons. The van der Waals surface area contributed by atoms with Crippen molar-refractivity contribution in [3.8, 4) is 0 Å². The van der Waals surface area contributed by atoms with Gasteiger partial charge in [0.25, 0.3) is 0 Å². The minimum atomic E-state index is -4.36. The number of hydrogen-bond donors (Lipinski definition) is 0. The van der Waals surface area contributed by atoms with Crippen LogP contribution in [0.15, 0.2) is 60.8 Å². The van der Waals surface area contributed by atoms with Crippen LogP contribution in [-0.4, -0.2) is 22.5 Å². The summed E-state index contributed by atoms with van der Waals surface area (Å²) in [4.78, 5) is 12.1. The molecule has 4 rings (SSSR count). The average Bonchev–Trinajstić information content (AvgIpc) is 3.15. The van der Waals surface area contributed by atoms with Gasteiger partial charge >= 0.3 is 6.18 Å². The predicted octanol–water partition coefficient (Wildman–Crippen LogP) is 4.25. The molecule has 1 fully saturated rings. The smallest absolute Gasteiger partial charge is 0.273 e. The van der Waals surface area contributed by atoms with Gasteiger partial charge in [0.1, 0.15) is 0 Å². The maximum atomic E-state index is 12.8. The molecule has 0 radical (unpaired) electrons. The van der Waals surface area contributed by atoms with E-state index in [-0.39, 0.29) is 11.9 Å². The van der Waals surface area contributed by atoms with Crippen molar-refractivity contribution in [2.24, 2.45) is 0 Å². The lowest BCUT2D eigenvalue weighted by atomic mass is 9.93. The molecule has 2 aromatic carbocycles. The van der Waals surface area contributed by atoms with E-state index >= 15 is 0 Å². The topological polar surface area (TPSA) is 23.6 Å². The third-order valence-corrected chi connectivity index (χ3v) is 4.60. The zero-order valence-corrected chi connectivity index (χ0v) is 13.2. The highest BCUT2D eigenvalue weighted by Gasteiger charge is 2.41. The fourth-order valence-electron chi connectivity index (χ4n) is 3.41. The maximum Gasteiger partial charge on any atom is 0.416 e. The Hall–Kier alpha value is -2.60. The summed E-state index contributed by atoms with van der Waals surface area (Å²) in [6.07, 6.45) is -2.17. The monoisotopic (exact) mass is 344 g/mol. The van der Waals surface area contributed by atoms with E-state index in [4.69, 9.17) is 0 Å². The quantitative estimate of drug-likeness (QED) is 0.813. The largest absolute Gasteiger partial charge is 0.416 e. The molecule has 0 saturated carbocycles. The molecule has 0 bridgehead atoms. The zero-order valence-electron chi connectivity index (χ0n) is 13.2. The van der Waals surface area contributed by atoms with E-state index in [1.54, 1.807) is 11.2 Å². The number of carbonyl (C=O) groups is 1. The normalized spacial score (nSPS) is 20.8. The molecule has 0 aliphatic carbocycles. The molecule has 2 aliphatic rings. The Bertz CT molecular complexity index is 828. The summed E-state index contributed by atoms with van der Waals surface area (Å²) >= 11 is 0. The van der Waals surface area contributed by atoms with Gasteiger partial charge in [-0.2, -0.15) is 13.2 Å². The first-order chi connectivity index (χ1) is 11.9. The second-order valence-electron chi connectivity index (χ2n) is 6.12. The van der Waals surface area contributed by atoms with Gasteiger partial charge in [0.05, 0.1) is 11.6 Å². The fourth-order valence-corrected chi connectivity index (χ4v) is 3.41. The van der Waals surface area contributed by atoms with Gasteiger partial charge in [-0.05, 0) is 23.3 Å². The van der Waals surface area contributed by atoms with Gasteiger partial charge in [0.15, 0.2) is 0 Å². The summed E-state index contributed by atoms with van der Waals surface area (Å²) in [6.45, 7) is 0.596. The molecule has 0 spiro atoms. The Labute approximate surface area is 142 Å². The summed E-state index contributed by atoms with van der Waals surface area (Å²) in [5, 5.41) is 3.55. The molecule has 2 aromatic rings. The van der Waals surface area contributed by atoms with Gasteiger partial charge in [0.2, 0.25) is 5.91 Å². The first kappa shape index (κ1) is 15.9. The molecule has 1 amide bonds. The number of alkyl halides is 3. The van der Waals surface area contributed by atoms with Crippen LogP contribution in [-0.2, 0) is 11.0 Å². The van der Waals surface area contributed by atoms with Gasteiger partial charge in [0, 0.05) is 24.7 Å². The molecular formula is C19H15F3N2O. The Morgan fingerprint density at radius 1 is 0.960 bits per heavy atom. The Morgan fingerprint density at radius 2 is 1.64 bits per heavy atom. The second-order valence-corrected chi connectivity index (χ2v) is 6.12. The third-order valence-electron chi connectivity index (χ3n) is 4.60. The van der Waals surface area contributed by atoms with Crippen LogP contribution in [0.2, 0.25) is 0 Å². The van der Waals surface area contributed by atoms with E-state index in [0.29, 0.717) is 18.5 Å². The molecule has 25 heavy (non-hydrogen) atoms. The van der Waals surface area contributed by atoms with Crippen LogP contribution in [0.4, 0.5) is 13.2 Å². The van der Waals surface area contributed by atoms with Crippen molar-refractivity contribution in [3.63, 3.8) is 0 Å². The minimum Gasteiger partial charge on any atom is -0.273 e. The molecule has 3 nitrogen and oxygen atoms in total. The zero-order chi connectivity index (χ0) is 17.6. The van der Waals surface area contributed by atoms with E-state index in [9.17, 15) is 18.0 Å². The van der Waals surface area contributed by atoms with Gasteiger partial charge in [-0.15, -0.1) is 0 Å². The molecular weight excluding hydrogens is 329 g/mol. The van der Waals surface area contributed by atoms with Gasteiger partial charge in [-0.3, -0.25) is 4.79 Å². The van der Waals surface area contributed by atoms with Crippen molar-refractivity contribution in [1.82, 2.24) is 10.0 Å². The lowest BCUT2D eigenvalue weighted by molar-refractivity contribution is -0.137. The number of fused-ring (bicyclic) bond motifs is 1. The summed E-state index contributed by atoms with van der Waals surface area (Å²) in [6, 6.07) is 14.6. The van der Waals surface area contributed by atoms with Crippen LogP contribution >= 0.6 is 0 Å². The van der Waals surface area contributed by atoms with Crippen molar-refractivity contribution >= 4 is 11.5 Å². The number of carbonyl (C=O) groups excluding carboxylic acids is 1.